The van der Waals surface area contributed by atoms with Crippen LogP contribution in [0.4, 0.5) is 0 Å². The standard InChI is InChI=1S/C13H13ClN2O2S/c14-12-8-10(3-4-15-12)13(17)16-5-7-19-9-11-2-1-6-18-11/h1-4,6,8H,5,7,9H2,(H,16,17). The Kier molecular flexibility index (Phi) is 5.30. The van der Waals surface area contributed by atoms with Crippen LogP contribution in [0.3, 0.4) is 0 Å². The highest BCUT2D eigenvalue weighted by atomic mass is 35.5. The van der Waals surface area contributed by atoms with Gasteiger partial charge in [0.25, 0.3) is 5.91 Å². The second-order valence-corrected chi connectivity index (χ2v) is 5.25. The number of thioether (sulfide) groups is 1. The van der Waals surface area contributed by atoms with Crippen LogP contribution >= 0.6 is 23.4 Å². The smallest absolute Gasteiger partial charge is 0.251 e. The Balaban J connectivity index is 1.67. The molecular formula is C13H13ClN2O2S. The number of carbonyl (C=O) groups excluding carboxylic acids is 1. The predicted molar refractivity (Wildman–Crippen MR) is 76.5 cm³/mol. The molecule has 19 heavy (non-hydrogen) atoms. The van der Waals surface area contributed by atoms with Crippen molar-refractivity contribution in [2.75, 3.05) is 12.3 Å². The Morgan fingerprint density at radius 1 is 1.47 bits per heavy atom. The van der Waals surface area contributed by atoms with Crippen molar-refractivity contribution < 1.29 is 9.21 Å². The Hall–Kier alpha value is -1.46. The van der Waals surface area contributed by atoms with E-state index in [1.807, 2.05) is 12.1 Å². The molecule has 1 N–H and O–H groups in total. The van der Waals surface area contributed by atoms with Gasteiger partial charge in [-0.05, 0) is 24.3 Å². The molecule has 2 rings (SSSR count). The van der Waals surface area contributed by atoms with Gasteiger partial charge in [-0.15, -0.1) is 0 Å². The molecule has 0 aliphatic rings. The van der Waals surface area contributed by atoms with Gasteiger partial charge < -0.3 is 9.73 Å². The van der Waals surface area contributed by atoms with Gasteiger partial charge >= 0.3 is 0 Å². The highest BCUT2D eigenvalue weighted by Crippen LogP contribution is 2.11. The topological polar surface area (TPSA) is 55.1 Å². The number of rotatable bonds is 6. The lowest BCUT2D eigenvalue weighted by atomic mass is 10.2. The van der Waals surface area contributed by atoms with Gasteiger partial charge in [0.1, 0.15) is 10.9 Å². The maximum atomic E-state index is 11.8. The Bertz CT molecular complexity index is 531. The van der Waals surface area contributed by atoms with E-state index in [2.05, 4.69) is 10.3 Å². The molecule has 2 aromatic heterocycles. The fourth-order valence-corrected chi connectivity index (χ4v) is 2.38. The van der Waals surface area contributed by atoms with Gasteiger partial charge in [-0.2, -0.15) is 11.8 Å². The van der Waals surface area contributed by atoms with E-state index in [9.17, 15) is 4.79 Å². The molecule has 1 amide bonds. The summed E-state index contributed by atoms with van der Waals surface area (Å²) in [6, 6.07) is 6.99. The van der Waals surface area contributed by atoms with Crippen molar-refractivity contribution in [1.29, 1.82) is 0 Å². The van der Waals surface area contributed by atoms with Crippen LogP contribution in [0.15, 0.2) is 41.1 Å². The number of carbonyl (C=O) groups is 1. The van der Waals surface area contributed by atoms with E-state index in [-0.39, 0.29) is 5.91 Å². The van der Waals surface area contributed by atoms with Gasteiger partial charge in [-0.1, -0.05) is 11.6 Å². The lowest BCUT2D eigenvalue weighted by molar-refractivity contribution is 0.0956. The number of furan rings is 1. The summed E-state index contributed by atoms with van der Waals surface area (Å²) in [7, 11) is 0. The molecular weight excluding hydrogens is 284 g/mol. The molecule has 100 valence electrons. The van der Waals surface area contributed by atoms with Gasteiger partial charge in [-0.3, -0.25) is 4.79 Å². The van der Waals surface area contributed by atoms with Gasteiger partial charge in [0.15, 0.2) is 0 Å². The van der Waals surface area contributed by atoms with Crippen molar-refractivity contribution in [2.24, 2.45) is 0 Å². The van der Waals surface area contributed by atoms with E-state index < -0.39 is 0 Å². The SMILES string of the molecule is O=C(NCCSCc1ccco1)c1ccnc(Cl)c1. The Labute approximate surface area is 120 Å². The fourth-order valence-electron chi connectivity index (χ4n) is 1.45. The quantitative estimate of drug-likeness (QED) is 0.658. The van der Waals surface area contributed by atoms with E-state index in [0.717, 1.165) is 17.3 Å². The van der Waals surface area contributed by atoms with Crippen LogP contribution in [0.25, 0.3) is 0 Å². The third kappa shape index (κ3) is 4.61. The molecule has 6 heteroatoms. The second-order valence-electron chi connectivity index (χ2n) is 3.76. The van der Waals surface area contributed by atoms with E-state index in [4.69, 9.17) is 16.0 Å². The molecule has 0 unspecified atom stereocenters. The molecule has 0 spiro atoms. The molecule has 0 bridgehead atoms. The van der Waals surface area contributed by atoms with Crippen LogP contribution in [0.5, 0.6) is 0 Å². The first-order chi connectivity index (χ1) is 9.25. The first-order valence-electron chi connectivity index (χ1n) is 5.75. The summed E-state index contributed by atoms with van der Waals surface area (Å²) in [5, 5.41) is 3.15. The number of hydrogen-bond donors (Lipinski definition) is 1. The number of halogens is 1. The van der Waals surface area contributed by atoms with Crippen molar-refractivity contribution in [3.05, 3.63) is 53.2 Å². The molecule has 4 nitrogen and oxygen atoms in total. The van der Waals surface area contributed by atoms with Crippen molar-refractivity contribution in [2.45, 2.75) is 5.75 Å². The summed E-state index contributed by atoms with van der Waals surface area (Å²) >= 11 is 7.43. The monoisotopic (exact) mass is 296 g/mol. The number of nitrogens with zero attached hydrogens (tertiary/aromatic N) is 1. The molecule has 0 atom stereocenters. The highest BCUT2D eigenvalue weighted by molar-refractivity contribution is 7.98. The molecule has 0 radical (unpaired) electrons. The van der Waals surface area contributed by atoms with Crippen LogP contribution in [0, 0.1) is 0 Å². The fraction of sp³-hybridized carbons (Fsp3) is 0.231. The number of nitrogens with one attached hydrogen (secondary N) is 1. The zero-order chi connectivity index (χ0) is 13.5. The largest absolute Gasteiger partial charge is 0.468 e. The van der Waals surface area contributed by atoms with E-state index in [1.165, 1.54) is 6.20 Å². The minimum atomic E-state index is -0.136. The number of aromatic nitrogens is 1. The molecule has 2 aromatic rings. The van der Waals surface area contributed by atoms with Crippen molar-refractivity contribution in [3.63, 3.8) is 0 Å². The van der Waals surface area contributed by atoms with Crippen LogP contribution in [-0.4, -0.2) is 23.2 Å². The maximum Gasteiger partial charge on any atom is 0.251 e. The molecule has 0 saturated carbocycles. The summed E-state index contributed by atoms with van der Waals surface area (Å²) in [5.41, 5.74) is 0.524. The summed E-state index contributed by atoms with van der Waals surface area (Å²) < 4.78 is 5.21. The highest BCUT2D eigenvalue weighted by Gasteiger charge is 2.05. The second kappa shape index (κ2) is 7.21. The molecule has 0 aliphatic carbocycles. The summed E-state index contributed by atoms with van der Waals surface area (Å²) in [4.78, 5) is 15.6. The predicted octanol–water partition coefficient (Wildman–Crippen LogP) is 2.99. The molecule has 0 aromatic carbocycles. The number of amides is 1. The normalized spacial score (nSPS) is 10.4. The zero-order valence-corrected chi connectivity index (χ0v) is 11.7. The maximum absolute atomic E-state index is 11.8. The van der Waals surface area contributed by atoms with Crippen LogP contribution in [0.1, 0.15) is 16.1 Å². The van der Waals surface area contributed by atoms with Crippen molar-refractivity contribution >= 4 is 29.3 Å². The number of pyridine rings is 1. The minimum Gasteiger partial charge on any atom is -0.468 e. The van der Waals surface area contributed by atoms with Crippen LogP contribution < -0.4 is 5.32 Å². The van der Waals surface area contributed by atoms with E-state index in [1.54, 1.807) is 30.2 Å². The van der Waals surface area contributed by atoms with Gasteiger partial charge in [0, 0.05) is 24.1 Å². The van der Waals surface area contributed by atoms with Gasteiger partial charge in [-0.25, -0.2) is 4.98 Å². The van der Waals surface area contributed by atoms with E-state index >= 15 is 0 Å². The number of hydrogen-bond acceptors (Lipinski definition) is 4. The van der Waals surface area contributed by atoms with Gasteiger partial charge in [0.2, 0.25) is 0 Å². The first-order valence-corrected chi connectivity index (χ1v) is 7.29. The van der Waals surface area contributed by atoms with Crippen molar-refractivity contribution in [1.82, 2.24) is 10.3 Å². The molecule has 0 aliphatic heterocycles. The molecule has 0 saturated heterocycles. The first kappa shape index (κ1) is 14.0. The van der Waals surface area contributed by atoms with Crippen LogP contribution in [0.2, 0.25) is 5.15 Å². The van der Waals surface area contributed by atoms with Gasteiger partial charge in [0.05, 0.1) is 12.0 Å². The van der Waals surface area contributed by atoms with Crippen molar-refractivity contribution in [3.8, 4) is 0 Å². The summed E-state index contributed by atoms with van der Waals surface area (Å²) in [6.07, 6.45) is 3.17. The third-order valence-electron chi connectivity index (χ3n) is 2.35. The minimum absolute atomic E-state index is 0.136. The average molecular weight is 297 g/mol. The lowest BCUT2D eigenvalue weighted by Gasteiger charge is -2.04. The zero-order valence-electron chi connectivity index (χ0n) is 10.1. The summed E-state index contributed by atoms with van der Waals surface area (Å²) in [5.74, 6) is 2.44. The third-order valence-corrected chi connectivity index (χ3v) is 3.53. The Morgan fingerprint density at radius 3 is 3.11 bits per heavy atom. The molecule has 2 heterocycles. The van der Waals surface area contributed by atoms with Crippen LogP contribution in [-0.2, 0) is 5.75 Å². The average Bonchev–Trinajstić information content (AvgIpc) is 2.91. The molecule has 0 fully saturated rings. The lowest BCUT2D eigenvalue weighted by Crippen LogP contribution is -2.25. The van der Waals surface area contributed by atoms with E-state index in [0.29, 0.717) is 17.3 Å². The Morgan fingerprint density at radius 2 is 2.37 bits per heavy atom. The summed E-state index contributed by atoms with van der Waals surface area (Å²) in [6.45, 7) is 0.601.